The maximum absolute atomic E-state index is 12.4. The van der Waals surface area contributed by atoms with E-state index in [9.17, 15) is 9.90 Å². The van der Waals surface area contributed by atoms with E-state index in [1.54, 1.807) is 4.90 Å². The Morgan fingerprint density at radius 1 is 1.14 bits per heavy atom. The van der Waals surface area contributed by atoms with Crippen LogP contribution in [0, 0.1) is 0 Å². The molecule has 0 bridgehead atoms. The lowest BCUT2D eigenvalue weighted by molar-refractivity contribution is -0.00860. The quantitative estimate of drug-likeness (QED) is 0.906. The van der Waals surface area contributed by atoms with Gasteiger partial charge in [-0.1, -0.05) is 30.3 Å². The van der Waals surface area contributed by atoms with Crippen molar-refractivity contribution in [2.24, 2.45) is 0 Å². The maximum atomic E-state index is 12.4. The zero-order valence-corrected chi connectivity index (χ0v) is 13.7. The second-order valence-corrected chi connectivity index (χ2v) is 6.84. The monoisotopic (exact) mass is 293 g/mol. The van der Waals surface area contributed by atoms with Gasteiger partial charge in [0.05, 0.1) is 12.1 Å². The molecule has 1 amide bonds. The fourth-order valence-electron chi connectivity index (χ4n) is 1.93. The van der Waals surface area contributed by atoms with Crippen molar-refractivity contribution in [2.75, 3.05) is 13.2 Å². The van der Waals surface area contributed by atoms with Crippen molar-refractivity contribution in [3.63, 3.8) is 0 Å². The van der Waals surface area contributed by atoms with Crippen LogP contribution < -0.4 is 0 Å². The Kier molecular flexibility index (Phi) is 5.78. The van der Waals surface area contributed by atoms with E-state index >= 15 is 0 Å². The highest BCUT2D eigenvalue weighted by atomic mass is 16.6. The normalized spacial score (nSPS) is 12.1. The summed E-state index contributed by atoms with van der Waals surface area (Å²) in [7, 11) is 0. The van der Waals surface area contributed by atoms with Crippen LogP contribution >= 0.6 is 0 Å². The largest absolute Gasteiger partial charge is 0.444 e. The van der Waals surface area contributed by atoms with Crippen molar-refractivity contribution in [3.05, 3.63) is 35.9 Å². The molecule has 1 rings (SSSR count). The molecule has 0 spiro atoms. The number of ether oxygens (including phenoxy) is 1. The highest BCUT2D eigenvalue weighted by Gasteiger charge is 2.33. The molecule has 4 nitrogen and oxygen atoms in total. The van der Waals surface area contributed by atoms with Gasteiger partial charge >= 0.3 is 6.09 Å². The van der Waals surface area contributed by atoms with Gasteiger partial charge in [-0.25, -0.2) is 4.79 Å². The van der Waals surface area contributed by atoms with Crippen molar-refractivity contribution < 1.29 is 14.6 Å². The van der Waals surface area contributed by atoms with E-state index in [0.29, 0.717) is 6.54 Å². The van der Waals surface area contributed by atoms with E-state index in [2.05, 4.69) is 0 Å². The Morgan fingerprint density at radius 2 is 1.71 bits per heavy atom. The third-order valence-corrected chi connectivity index (χ3v) is 3.20. The van der Waals surface area contributed by atoms with Gasteiger partial charge in [0.1, 0.15) is 5.60 Å². The summed E-state index contributed by atoms with van der Waals surface area (Å²) < 4.78 is 5.45. The molecular formula is C17H27NO3. The summed E-state index contributed by atoms with van der Waals surface area (Å²) in [6.45, 7) is 9.59. The van der Waals surface area contributed by atoms with Gasteiger partial charge in [0.25, 0.3) is 0 Å². The first-order chi connectivity index (χ1) is 9.65. The average Bonchev–Trinajstić information content (AvgIpc) is 2.38. The molecule has 0 aliphatic carbocycles. The predicted molar refractivity (Wildman–Crippen MR) is 84.3 cm³/mol. The van der Waals surface area contributed by atoms with E-state index in [0.717, 1.165) is 12.0 Å². The molecule has 0 radical (unpaired) electrons. The van der Waals surface area contributed by atoms with Gasteiger partial charge in [-0.2, -0.15) is 0 Å². The standard InChI is InChI=1S/C17H27NO3/c1-16(2,3)21-15(20)18(17(4,5)13-19)12-11-14-9-7-6-8-10-14/h6-10,19H,11-13H2,1-5H3. The molecule has 0 heterocycles. The third kappa shape index (κ3) is 5.76. The summed E-state index contributed by atoms with van der Waals surface area (Å²) in [5, 5.41) is 9.56. The number of aliphatic hydroxyl groups excluding tert-OH is 1. The minimum Gasteiger partial charge on any atom is -0.444 e. The smallest absolute Gasteiger partial charge is 0.410 e. The first-order valence-corrected chi connectivity index (χ1v) is 7.31. The summed E-state index contributed by atoms with van der Waals surface area (Å²) >= 11 is 0. The van der Waals surface area contributed by atoms with Crippen LogP contribution in [0.15, 0.2) is 30.3 Å². The van der Waals surface area contributed by atoms with Gasteiger partial charge < -0.3 is 14.7 Å². The Morgan fingerprint density at radius 3 is 2.19 bits per heavy atom. The molecule has 1 aromatic carbocycles. The zero-order chi connectivity index (χ0) is 16.1. The van der Waals surface area contributed by atoms with E-state index in [1.807, 2.05) is 65.0 Å². The lowest BCUT2D eigenvalue weighted by Gasteiger charge is -2.38. The Bertz CT molecular complexity index is 449. The van der Waals surface area contributed by atoms with Gasteiger partial charge in [0.2, 0.25) is 0 Å². The van der Waals surface area contributed by atoms with Crippen LogP contribution in [0.3, 0.4) is 0 Å². The van der Waals surface area contributed by atoms with Crippen LogP contribution in [0.2, 0.25) is 0 Å². The van der Waals surface area contributed by atoms with Crippen LogP contribution in [0.25, 0.3) is 0 Å². The second kappa shape index (κ2) is 6.94. The SMILES string of the molecule is CC(C)(C)OC(=O)N(CCc1ccccc1)C(C)(C)CO. The highest BCUT2D eigenvalue weighted by molar-refractivity contribution is 5.69. The van der Waals surface area contributed by atoms with Gasteiger partial charge in [-0.15, -0.1) is 0 Å². The molecule has 0 unspecified atom stereocenters. The van der Waals surface area contributed by atoms with Gasteiger partial charge in [0.15, 0.2) is 0 Å². The summed E-state index contributed by atoms with van der Waals surface area (Å²) in [6.07, 6.45) is 0.334. The number of carbonyl (C=O) groups excluding carboxylic acids is 1. The fraction of sp³-hybridized carbons (Fsp3) is 0.588. The van der Waals surface area contributed by atoms with Crippen molar-refractivity contribution in [1.29, 1.82) is 0 Å². The second-order valence-electron chi connectivity index (χ2n) is 6.84. The third-order valence-electron chi connectivity index (χ3n) is 3.20. The first kappa shape index (κ1) is 17.5. The average molecular weight is 293 g/mol. The van der Waals surface area contributed by atoms with Crippen LogP contribution in [0.5, 0.6) is 0 Å². The number of rotatable bonds is 5. The lowest BCUT2D eigenvalue weighted by Crippen LogP contribution is -2.52. The van der Waals surface area contributed by atoms with Crippen molar-refractivity contribution in [1.82, 2.24) is 4.90 Å². The minimum atomic E-state index is -0.656. The molecule has 4 heteroatoms. The fourth-order valence-corrected chi connectivity index (χ4v) is 1.93. The Balaban J connectivity index is 2.81. The Hall–Kier alpha value is -1.55. The van der Waals surface area contributed by atoms with E-state index in [-0.39, 0.29) is 6.61 Å². The Labute approximate surface area is 127 Å². The summed E-state index contributed by atoms with van der Waals surface area (Å²) in [5.41, 5.74) is -0.0511. The molecule has 0 atom stereocenters. The lowest BCUT2D eigenvalue weighted by atomic mass is 10.0. The number of nitrogens with zero attached hydrogens (tertiary/aromatic N) is 1. The highest BCUT2D eigenvalue weighted by Crippen LogP contribution is 2.19. The number of hydrogen-bond donors (Lipinski definition) is 1. The van der Waals surface area contributed by atoms with E-state index < -0.39 is 17.2 Å². The minimum absolute atomic E-state index is 0.110. The summed E-state index contributed by atoms with van der Waals surface area (Å²) in [4.78, 5) is 14.0. The maximum Gasteiger partial charge on any atom is 0.410 e. The van der Waals surface area contributed by atoms with Gasteiger partial charge in [-0.3, -0.25) is 0 Å². The molecule has 118 valence electrons. The molecule has 1 aromatic rings. The van der Waals surface area contributed by atoms with E-state index in [4.69, 9.17) is 4.74 Å². The van der Waals surface area contributed by atoms with Crippen LogP contribution in [-0.4, -0.2) is 40.4 Å². The number of amides is 1. The summed E-state index contributed by atoms with van der Waals surface area (Å²) in [5.74, 6) is 0. The molecule has 21 heavy (non-hydrogen) atoms. The molecule has 0 aromatic heterocycles. The predicted octanol–water partition coefficient (Wildman–Crippen LogP) is 3.24. The van der Waals surface area contributed by atoms with Crippen LogP contribution in [0.1, 0.15) is 40.2 Å². The van der Waals surface area contributed by atoms with Crippen LogP contribution in [0.4, 0.5) is 4.79 Å². The number of benzene rings is 1. The van der Waals surface area contributed by atoms with Crippen LogP contribution in [-0.2, 0) is 11.2 Å². The molecule has 1 N–H and O–H groups in total. The topological polar surface area (TPSA) is 49.8 Å². The van der Waals surface area contributed by atoms with E-state index in [1.165, 1.54) is 0 Å². The molecule has 0 saturated heterocycles. The number of aliphatic hydroxyl groups is 1. The molecule has 0 saturated carbocycles. The number of hydrogen-bond acceptors (Lipinski definition) is 3. The van der Waals surface area contributed by atoms with Crippen molar-refractivity contribution in [3.8, 4) is 0 Å². The van der Waals surface area contributed by atoms with Gasteiger partial charge in [0, 0.05) is 6.54 Å². The van der Waals surface area contributed by atoms with Crippen molar-refractivity contribution >= 4 is 6.09 Å². The molecule has 0 aliphatic rings. The molecule has 0 fully saturated rings. The molecular weight excluding hydrogens is 266 g/mol. The molecule has 0 aliphatic heterocycles. The van der Waals surface area contributed by atoms with Gasteiger partial charge in [-0.05, 0) is 46.6 Å². The zero-order valence-electron chi connectivity index (χ0n) is 13.7. The van der Waals surface area contributed by atoms with Crippen molar-refractivity contribution in [2.45, 2.75) is 52.2 Å². The first-order valence-electron chi connectivity index (χ1n) is 7.31. The number of carbonyl (C=O) groups is 1. The summed E-state index contributed by atoms with van der Waals surface area (Å²) in [6, 6.07) is 9.97.